The monoisotopic (exact) mass is 263 g/mol. The van der Waals surface area contributed by atoms with E-state index in [9.17, 15) is 13.2 Å². The molecular formula is C13H8F3N3. The number of halogens is 3. The third-order valence-corrected chi connectivity index (χ3v) is 2.74. The lowest BCUT2D eigenvalue weighted by molar-refractivity contribution is 0.447. The Bertz CT molecular complexity index is 757. The molecule has 0 bridgehead atoms. The lowest BCUT2D eigenvalue weighted by Crippen LogP contribution is -1.92. The zero-order valence-electron chi connectivity index (χ0n) is 9.84. The first kappa shape index (κ1) is 11.7. The van der Waals surface area contributed by atoms with E-state index in [1.807, 2.05) is 6.92 Å². The Morgan fingerprint density at radius 2 is 1.68 bits per heavy atom. The van der Waals surface area contributed by atoms with Crippen molar-refractivity contribution in [2.45, 2.75) is 6.92 Å². The van der Waals surface area contributed by atoms with Crippen molar-refractivity contribution >= 4 is 11.2 Å². The van der Waals surface area contributed by atoms with Crippen molar-refractivity contribution in [1.82, 2.24) is 15.0 Å². The van der Waals surface area contributed by atoms with Gasteiger partial charge in [-0.1, -0.05) is 0 Å². The molecule has 0 aliphatic rings. The number of nitrogens with zero attached hydrogens (tertiary/aromatic N) is 2. The SMILES string of the molecule is Cc1ccc2[nH]c(-c3cc(F)c(F)c(F)c3)nc2n1. The van der Waals surface area contributed by atoms with Gasteiger partial charge in [-0.2, -0.15) is 0 Å². The molecule has 0 amide bonds. The van der Waals surface area contributed by atoms with Crippen LogP contribution in [0.4, 0.5) is 13.2 Å². The summed E-state index contributed by atoms with van der Waals surface area (Å²) in [6.45, 7) is 1.81. The maximum absolute atomic E-state index is 13.2. The van der Waals surface area contributed by atoms with Crippen LogP contribution in [0.5, 0.6) is 0 Å². The van der Waals surface area contributed by atoms with Gasteiger partial charge in [0.2, 0.25) is 0 Å². The Morgan fingerprint density at radius 1 is 1.00 bits per heavy atom. The molecule has 3 aromatic rings. The number of hydrogen-bond acceptors (Lipinski definition) is 2. The van der Waals surface area contributed by atoms with E-state index in [0.29, 0.717) is 11.2 Å². The van der Waals surface area contributed by atoms with Crippen LogP contribution in [-0.4, -0.2) is 15.0 Å². The van der Waals surface area contributed by atoms with Crippen LogP contribution in [0.25, 0.3) is 22.6 Å². The van der Waals surface area contributed by atoms with Crippen LogP contribution in [0.3, 0.4) is 0 Å². The number of aromatic nitrogens is 3. The quantitative estimate of drug-likeness (QED) is 0.684. The third-order valence-electron chi connectivity index (χ3n) is 2.74. The Labute approximate surface area is 106 Å². The molecule has 3 rings (SSSR count). The average molecular weight is 263 g/mol. The summed E-state index contributed by atoms with van der Waals surface area (Å²) in [6.07, 6.45) is 0. The van der Waals surface area contributed by atoms with E-state index in [0.717, 1.165) is 17.8 Å². The molecular weight excluding hydrogens is 255 g/mol. The molecule has 0 atom stereocenters. The van der Waals surface area contributed by atoms with Gasteiger partial charge in [0, 0.05) is 11.3 Å². The Kier molecular flexibility index (Phi) is 2.51. The van der Waals surface area contributed by atoms with Gasteiger partial charge in [-0.3, -0.25) is 0 Å². The molecule has 96 valence electrons. The molecule has 0 aliphatic carbocycles. The zero-order valence-corrected chi connectivity index (χ0v) is 9.84. The number of rotatable bonds is 1. The maximum Gasteiger partial charge on any atom is 0.194 e. The van der Waals surface area contributed by atoms with Gasteiger partial charge >= 0.3 is 0 Å². The molecule has 0 saturated heterocycles. The molecule has 19 heavy (non-hydrogen) atoms. The van der Waals surface area contributed by atoms with E-state index >= 15 is 0 Å². The first-order valence-electron chi connectivity index (χ1n) is 5.53. The first-order valence-corrected chi connectivity index (χ1v) is 5.53. The highest BCUT2D eigenvalue weighted by molar-refractivity contribution is 5.75. The number of pyridine rings is 1. The largest absolute Gasteiger partial charge is 0.337 e. The van der Waals surface area contributed by atoms with E-state index < -0.39 is 17.5 Å². The minimum absolute atomic E-state index is 0.132. The molecule has 0 aliphatic heterocycles. The van der Waals surface area contributed by atoms with Gasteiger partial charge in [0.25, 0.3) is 0 Å². The predicted octanol–water partition coefficient (Wildman–Crippen LogP) is 3.35. The lowest BCUT2D eigenvalue weighted by Gasteiger charge is -1.99. The van der Waals surface area contributed by atoms with Gasteiger partial charge in [-0.05, 0) is 31.2 Å². The van der Waals surface area contributed by atoms with Crippen molar-refractivity contribution in [1.29, 1.82) is 0 Å². The van der Waals surface area contributed by atoms with E-state index in [1.54, 1.807) is 12.1 Å². The lowest BCUT2D eigenvalue weighted by atomic mass is 10.2. The molecule has 0 fully saturated rings. The number of benzene rings is 1. The summed E-state index contributed by atoms with van der Waals surface area (Å²) in [4.78, 5) is 11.2. The van der Waals surface area contributed by atoms with Crippen LogP contribution in [0.15, 0.2) is 24.3 Å². The van der Waals surface area contributed by atoms with Crippen molar-refractivity contribution in [2.24, 2.45) is 0 Å². The highest BCUT2D eigenvalue weighted by Gasteiger charge is 2.14. The third kappa shape index (κ3) is 1.95. The van der Waals surface area contributed by atoms with Crippen LogP contribution in [-0.2, 0) is 0 Å². The van der Waals surface area contributed by atoms with E-state index in [2.05, 4.69) is 15.0 Å². The van der Waals surface area contributed by atoms with Crippen LogP contribution < -0.4 is 0 Å². The normalized spacial score (nSPS) is 11.2. The first-order chi connectivity index (χ1) is 9.04. The van der Waals surface area contributed by atoms with Crippen molar-refractivity contribution in [2.75, 3.05) is 0 Å². The molecule has 0 saturated carbocycles. The molecule has 3 nitrogen and oxygen atoms in total. The number of imidazole rings is 1. The summed E-state index contributed by atoms with van der Waals surface area (Å²) in [5.41, 5.74) is 2.00. The molecule has 0 radical (unpaired) electrons. The van der Waals surface area contributed by atoms with Gasteiger partial charge < -0.3 is 4.98 Å². The van der Waals surface area contributed by atoms with Crippen molar-refractivity contribution in [3.63, 3.8) is 0 Å². The summed E-state index contributed by atoms with van der Waals surface area (Å²) in [5.74, 6) is -3.75. The average Bonchev–Trinajstić information content (AvgIpc) is 2.78. The zero-order chi connectivity index (χ0) is 13.6. The van der Waals surface area contributed by atoms with Crippen LogP contribution in [0.2, 0.25) is 0 Å². The summed E-state index contributed by atoms with van der Waals surface area (Å²) < 4.78 is 39.2. The van der Waals surface area contributed by atoms with Gasteiger partial charge in [0.1, 0.15) is 5.82 Å². The minimum atomic E-state index is -1.49. The topological polar surface area (TPSA) is 41.6 Å². The predicted molar refractivity (Wildman–Crippen MR) is 63.9 cm³/mol. The highest BCUT2D eigenvalue weighted by atomic mass is 19.2. The minimum Gasteiger partial charge on any atom is -0.337 e. The van der Waals surface area contributed by atoms with Gasteiger partial charge in [-0.25, -0.2) is 23.1 Å². The fraction of sp³-hybridized carbons (Fsp3) is 0.0769. The molecule has 0 spiro atoms. The van der Waals surface area contributed by atoms with Crippen molar-refractivity contribution in [3.05, 3.63) is 47.4 Å². The van der Waals surface area contributed by atoms with Gasteiger partial charge in [0.15, 0.2) is 23.1 Å². The van der Waals surface area contributed by atoms with Gasteiger partial charge in [0.05, 0.1) is 5.52 Å². The van der Waals surface area contributed by atoms with Crippen molar-refractivity contribution in [3.8, 4) is 11.4 Å². The molecule has 1 aromatic carbocycles. The second-order valence-electron chi connectivity index (χ2n) is 4.16. The van der Waals surface area contributed by atoms with Gasteiger partial charge in [-0.15, -0.1) is 0 Å². The maximum atomic E-state index is 13.2. The van der Waals surface area contributed by atoms with E-state index in [1.165, 1.54) is 0 Å². The molecule has 1 N–H and O–H groups in total. The summed E-state index contributed by atoms with van der Waals surface area (Å²) in [5, 5.41) is 0. The van der Waals surface area contributed by atoms with Crippen molar-refractivity contribution < 1.29 is 13.2 Å². The number of hydrogen-bond donors (Lipinski definition) is 1. The second kappa shape index (κ2) is 4.08. The Morgan fingerprint density at radius 3 is 2.37 bits per heavy atom. The molecule has 0 unspecified atom stereocenters. The summed E-state index contributed by atoms with van der Waals surface area (Å²) >= 11 is 0. The number of aromatic amines is 1. The van der Waals surface area contributed by atoms with Crippen LogP contribution >= 0.6 is 0 Å². The Balaban J connectivity index is 2.19. The highest BCUT2D eigenvalue weighted by Crippen LogP contribution is 2.23. The standard InChI is InChI=1S/C13H8F3N3/c1-6-2-3-10-13(17-6)19-12(18-10)7-4-8(14)11(16)9(15)5-7/h2-5H,1H3,(H,17,18,19). The van der Waals surface area contributed by atoms with Crippen LogP contribution in [0, 0.1) is 24.4 Å². The molecule has 2 heterocycles. The number of H-pyrrole nitrogens is 1. The fourth-order valence-corrected chi connectivity index (χ4v) is 1.82. The van der Waals surface area contributed by atoms with Crippen LogP contribution in [0.1, 0.15) is 5.69 Å². The number of fused-ring (bicyclic) bond motifs is 1. The van der Waals surface area contributed by atoms with E-state index in [4.69, 9.17) is 0 Å². The summed E-state index contributed by atoms with van der Waals surface area (Å²) in [6, 6.07) is 5.34. The Hall–Kier alpha value is -2.37. The second-order valence-corrected chi connectivity index (χ2v) is 4.16. The fourth-order valence-electron chi connectivity index (χ4n) is 1.82. The van der Waals surface area contributed by atoms with E-state index in [-0.39, 0.29) is 11.4 Å². The number of nitrogens with one attached hydrogen (secondary N) is 1. The number of aryl methyl sites for hydroxylation is 1. The molecule has 2 aromatic heterocycles. The molecule has 6 heteroatoms. The summed E-state index contributed by atoms with van der Waals surface area (Å²) in [7, 11) is 0. The smallest absolute Gasteiger partial charge is 0.194 e.